The fourth-order valence-corrected chi connectivity index (χ4v) is 8.12. The number of benzene rings is 1. The number of hydrogen-bond donors (Lipinski definition) is 3. The molecule has 3 fully saturated rings. The predicted molar refractivity (Wildman–Crippen MR) is 152 cm³/mol. The van der Waals surface area contributed by atoms with Crippen LogP contribution in [0, 0.1) is 23.7 Å². The van der Waals surface area contributed by atoms with Crippen LogP contribution in [0.3, 0.4) is 0 Å². The van der Waals surface area contributed by atoms with E-state index in [0.717, 1.165) is 16.5 Å². The van der Waals surface area contributed by atoms with Crippen LogP contribution in [-0.2, 0) is 26.2 Å². The number of carbonyl (C=O) groups excluding carboxylic acids is 3. The lowest BCUT2D eigenvalue weighted by Gasteiger charge is -2.46. The Hall–Kier alpha value is -3.71. The van der Waals surface area contributed by atoms with Crippen molar-refractivity contribution in [2.24, 2.45) is 23.7 Å². The van der Waals surface area contributed by atoms with E-state index in [1.807, 2.05) is 37.4 Å². The number of para-hydroxylation sites is 1. The van der Waals surface area contributed by atoms with Crippen LogP contribution in [0.4, 0.5) is 0 Å². The van der Waals surface area contributed by atoms with Crippen LogP contribution in [0.15, 0.2) is 66.4 Å². The Balaban J connectivity index is 1.39. The lowest BCUT2D eigenvalue weighted by atomic mass is 9.52. The second-order valence-corrected chi connectivity index (χ2v) is 12.5. The molecule has 7 nitrogen and oxygen atoms in total. The smallest absolute Gasteiger partial charge is 0.249 e. The fourth-order valence-electron chi connectivity index (χ4n) is 8.12. The molecule has 1 amide bonds. The summed E-state index contributed by atoms with van der Waals surface area (Å²) in [5, 5.41) is 4.57. The molecule has 1 aliphatic carbocycles. The summed E-state index contributed by atoms with van der Waals surface area (Å²) in [5.41, 5.74) is 2.28. The minimum Gasteiger partial charge on any atom is -0.365 e. The fraction of sp³-hybridized carbons (Fsp3) is 0.424. The Kier molecular flexibility index (Phi) is 5.46. The summed E-state index contributed by atoms with van der Waals surface area (Å²) in [6, 6.07) is 11.6. The Labute approximate surface area is 233 Å². The van der Waals surface area contributed by atoms with Crippen LogP contribution in [0.5, 0.6) is 0 Å². The molecule has 4 aliphatic rings. The van der Waals surface area contributed by atoms with Gasteiger partial charge in [-0.2, -0.15) is 0 Å². The molecule has 1 saturated carbocycles. The molecule has 5 heterocycles. The summed E-state index contributed by atoms with van der Waals surface area (Å²) in [6.45, 7) is 8.10. The molecule has 0 radical (unpaired) electrons. The first-order valence-electron chi connectivity index (χ1n) is 14.3. The molecule has 40 heavy (non-hydrogen) atoms. The number of fused-ring (bicyclic) bond motifs is 5. The van der Waals surface area contributed by atoms with Crippen molar-refractivity contribution in [1.82, 2.24) is 15.3 Å². The molecule has 7 rings (SSSR count). The minimum atomic E-state index is -0.964. The quantitative estimate of drug-likeness (QED) is 0.248. The highest BCUT2D eigenvalue weighted by Gasteiger charge is 2.77. The van der Waals surface area contributed by atoms with Gasteiger partial charge in [-0.1, -0.05) is 50.3 Å². The van der Waals surface area contributed by atoms with Crippen LogP contribution in [0.1, 0.15) is 55.9 Å². The van der Waals surface area contributed by atoms with Crippen LogP contribution >= 0.6 is 0 Å². The van der Waals surface area contributed by atoms with Crippen LogP contribution in [0.25, 0.3) is 10.9 Å². The summed E-state index contributed by atoms with van der Waals surface area (Å²) in [5.74, 6) is -1.33. The van der Waals surface area contributed by atoms with Gasteiger partial charge in [-0.25, -0.2) is 0 Å². The topological polar surface area (TPSA) is 107 Å². The van der Waals surface area contributed by atoms with Gasteiger partial charge in [0.2, 0.25) is 17.5 Å². The Morgan fingerprint density at radius 1 is 1.05 bits per heavy atom. The maximum Gasteiger partial charge on any atom is 0.249 e. The van der Waals surface area contributed by atoms with Gasteiger partial charge in [-0.15, -0.1) is 0 Å². The first kappa shape index (κ1) is 25.3. The second-order valence-electron chi connectivity index (χ2n) is 12.5. The molecule has 3 aliphatic heterocycles. The van der Waals surface area contributed by atoms with E-state index < -0.39 is 17.0 Å². The van der Waals surface area contributed by atoms with E-state index in [4.69, 9.17) is 4.74 Å². The molecule has 8 atom stereocenters. The molecule has 3 aromatic rings. The second kappa shape index (κ2) is 8.64. The number of aromatic nitrogens is 2. The lowest BCUT2D eigenvalue weighted by Crippen LogP contribution is -2.57. The molecule has 2 aromatic heterocycles. The lowest BCUT2D eigenvalue weighted by molar-refractivity contribution is -0.127. The molecule has 1 aromatic carbocycles. The maximum atomic E-state index is 14.4. The third-order valence-electron chi connectivity index (χ3n) is 10.3. The monoisotopic (exact) mass is 537 g/mol. The number of Topliss-reactive ketones (excluding diaryl/α,β-unsaturated/α-hetero) is 2. The molecule has 206 valence electrons. The van der Waals surface area contributed by atoms with Crippen molar-refractivity contribution in [3.05, 3.63) is 83.3 Å². The van der Waals surface area contributed by atoms with Gasteiger partial charge in [0.1, 0.15) is 5.41 Å². The third-order valence-corrected chi connectivity index (χ3v) is 10.3. The average molecular weight is 538 g/mol. The van der Waals surface area contributed by atoms with Crippen LogP contribution < -0.4 is 5.32 Å². The highest BCUT2D eigenvalue weighted by molar-refractivity contribution is 6.48. The Morgan fingerprint density at radius 3 is 2.67 bits per heavy atom. The number of H-pyrrole nitrogens is 2. The zero-order valence-electron chi connectivity index (χ0n) is 23.3. The Bertz CT molecular complexity index is 1630. The number of hydrogen-bond acceptors (Lipinski definition) is 4. The molecular formula is C33H35N3O4. The van der Waals surface area contributed by atoms with Gasteiger partial charge in [-0.05, 0) is 67.9 Å². The van der Waals surface area contributed by atoms with E-state index in [9.17, 15) is 14.4 Å². The van der Waals surface area contributed by atoms with Gasteiger partial charge in [-0.3, -0.25) is 14.4 Å². The number of amides is 1. The summed E-state index contributed by atoms with van der Waals surface area (Å²) in [4.78, 5) is 47.3. The summed E-state index contributed by atoms with van der Waals surface area (Å²) < 4.78 is 6.48. The number of nitrogens with one attached hydrogen (secondary N) is 3. The van der Waals surface area contributed by atoms with Gasteiger partial charge < -0.3 is 20.0 Å². The maximum absolute atomic E-state index is 14.4. The summed E-state index contributed by atoms with van der Waals surface area (Å²) >= 11 is 0. The van der Waals surface area contributed by atoms with Crippen molar-refractivity contribution in [3.63, 3.8) is 0 Å². The number of carbonyl (C=O) groups is 3. The van der Waals surface area contributed by atoms with E-state index >= 15 is 0 Å². The van der Waals surface area contributed by atoms with Crippen molar-refractivity contribution in [2.45, 2.75) is 63.7 Å². The highest BCUT2D eigenvalue weighted by Crippen LogP contribution is 2.66. The predicted octanol–water partition coefficient (Wildman–Crippen LogP) is 4.81. The number of rotatable bonds is 2. The Morgan fingerprint density at radius 2 is 1.85 bits per heavy atom. The van der Waals surface area contributed by atoms with Crippen LogP contribution in [0.2, 0.25) is 0 Å². The van der Waals surface area contributed by atoms with Crippen molar-refractivity contribution in [1.29, 1.82) is 0 Å². The van der Waals surface area contributed by atoms with Crippen molar-refractivity contribution >= 4 is 28.4 Å². The van der Waals surface area contributed by atoms with E-state index in [-0.39, 0.29) is 53.0 Å². The summed E-state index contributed by atoms with van der Waals surface area (Å²) in [7, 11) is 0. The zero-order valence-corrected chi connectivity index (χ0v) is 23.3. The molecule has 1 spiro atoms. The molecule has 0 unspecified atom stereocenters. The van der Waals surface area contributed by atoms with Gasteiger partial charge in [0.15, 0.2) is 0 Å². The standard InChI is InChI=1S/C33H35N3O4/c1-17-8-7-10-22-30-32(4,40-30)19(3)27-25(15-20-16-34-23-11-6-5-9-21(20)23)36-31(39)33(22,27)26-13-12-24(35-26)29(38)28(37)18(2)14-17/h5-7,9-14,16-17,19,22,25,27,30,34-35H,8,15H2,1-4H3,(H,36,39)/b10-7+,18-14+/t17-,19-,22-,25-,27-,30-,32+,33+/m0/s1. The summed E-state index contributed by atoms with van der Waals surface area (Å²) in [6.07, 6.45) is 9.47. The molecule has 3 N–H and O–H groups in total. The average Bonchev–Trinajstić information content (AvgIpc) is 3.26. The zero-order chi connectivity index (χ0) is 28.0. The number of ether oxygens (including phenoxy) is 1. The van der Waals surface area contributed by atoms with Gasteiger partial charge in [0.05, 0.1) is 17.4 Å². The molecule has 2 saturated heterocycles. The van der Waals surface area contributed by atoms with Crippen molar-refractivity contribution in [2.75, 3.05) is 0 Å². The normalized spacial score (nSPS) is 39.1. The minimum absolute atomic E-state index is 0.0502. The van der Waals surface area contributed by atoms with Crippen LogP contribution in [-0.4, -0.2) is 45.2 Å². The van der Waals surface area contributed by atoms with E-state index in [2.05, 4.69) is 53.4 Å². The largest absolute Gasteiger partial charge is 0.365 e. The molecule has 7 heteroatoms. The number of aromatic amines is 2. The van der Waals surface area contributed by atoms with E-state index in [1.165, 1.54) is 0 Å². The van der Waals surface area contributed by atoms with Gasteiger partial charge in [0.25, 0.3) is 0 Å². The van der Waals surface area contributed by atoms with E-state index in [0.29, 0.717) is 24.1 Å². The molecular weight excluding hydrogens is 502 g/mol. The third kappa shape index (κ3) is 3.36. The van der Waals surface area contributed by atoms with Crippen molar-refractivity contribution in [3.8, 4) is 0 Å². The number of allylic oxidation sites excluding steroid dienone is 3. The SMILES string of the molecule is C/C1=C\[C@@H](C)C/C=C/[C@H]2[C@@H]3O[C@]3(C)[C@@H](C)[C@H]3[C@H](Cc4c[nH]c5ccccc45)NC(=O)[C@]32c2ccc([nH]2)C(=O)C1=O. The highest BCUT2D eigenvalue weighted by atomic mass is 16.6. The van der Waals surface area contributed by atoms with Gasteiger partial charge in [0, 0.05) is 40.7 Å². The van der Waals surface area contributed by atoms with Crippen molar-refractivity contribution < 1.29 is 19.1 Å². The number of epoxide rings is 1. The first-order valence-corrected chi connectivity index (χ1v) is 14.3. The first-order chi connectivity index (χ1) is 19.2. The van der Waals surface area contributed by atoms with E-state index in [1.54, 1.807) is 13.0 Å². The van der Waals surface area contributed by atoms with Gasteiger partial charge >= 0.3 is 0 Å². The molecule has 2 bridgehead atoms. The number of ketones is 2.